The standard InChI is InChI=1S/C30H31N5O3S/c1-5-38-23-15-13-22(14-16-23)27-26(28(36)32-24-11-6-7-12-25(24)37-4)20(3)31-29-33-30(34-35(27)29)39-18-21-10-8-9-19(2)17-21/h6-17,27H,5,18H2,1-4H3,(H,32,36)(H,31,33,34). The number of hydrogen-bond donors (Lipinski definition) is 2. The topological polar surface area (TPSA) is 90.3 Å². The first-order valence-corrected chi connectivity index (χ1v) is 13.7. The zero-order valence-corrected chi connectivity index (χ0v) is 23.2. The predicted molar refractivity (Wildman–Crippen MR) is 154 cm³/mol. The maximum Gasteiger partial charge on any atom is 0.255 e. The average molecular weight is 542 g/mol. The average Bonchev–Trinajstić information content (AvgIpc) is 3.34. The molecule has 1 atom stereocenters. The summed E-state index contributed by atoms with van der Waals surface area (Å²) in [5.74, 6) is 2.43. The Bertz CT molecular complexity index is 1510. The number of aryl methyl sites for hydroxylation is 1. The van der Waals surface area contributed by atoms with E-state index in [9.17, 15) is 4.79 Å². The van der Waals surface area contributed by atoms with Crippen molar-refractivity contribution in [2.75, 3.05) is 24.4 Å². The summed E-state index contributed by atoms with van der Waals surface area (Å²) in [5.41, 5.74) is 5.15. The lowest BCUT2D eigenvalue weighted by Crippen LogP contribution is -2.31. The van der Waals surface area contributed by atoms with Crippen molar-refractivity contribution >= 4 is 29.3 Å². The quantitative estimate of drug-likeness (QED) is 0.243. The summed E-state index contributed by atoms with van der Waals surface area (Å²) in [4.78, 5) is 18.6. The molecule has 1 amide bonds. The molecule has 0 bridgehead atoms. The molecule has 0 saturated carbocycles. The number of methoxy groups -OCH3 is 1. The number of benzene rings is 3. The van der Waals surface area contributed by atoms with Gasteiger partial charge in [0.05, 0.1) is 25.0 Å². The van der Waals surface area contributed by atoms with Crippen LogP contribution < -0.4 is 20.1 Å². The minimum atomic E-state index is -0.493. The van der Waals surface area contributed by atoms with E-state index in [-0.39, 0.29) is 5.91 Å². The molecule has 0 aliphatic carbocycles. The van der Waals surface area contributed by atoms with Gasteiger partial charge in [-0.15, -0.1) is 5.10 Å². The van der Waals surface area contributed by atoms with Gasteiger partial charge in [-0.2, -0.15) is 4.98 Å². The molecule has 4 aromatic rings. The highest BCUT2D eigenvalue weighted by Crippen LogP contribution is 2.38. The molecule has 200 valence electrons. The molecule has 1 aliphatic heterocycles. The molecule has 0 spiro atoms. The molecule has 1 unspecified atom stereocenters. The van der Waals surface area contributed by atoms with E-state index in [0.717, 1.165) is 17.1 Å². The number of para-hydroxylation sites is 2. The molecule has 3 aromatic carbocycles. The zero-order valence-electron chi connectivity index (χ0n) is 22.4. The first kappa shape index (κ1) is 26.4. The SMILES string of the molecule is CCOc1ccc(C2C(C(=O)Nc3ccccc3OC)=C(C)Nc3nc(SCc4cccc(C)c4)nn32)cc1. The van der Waals surface area contributed by atoms with Crippen LogP contribution in [0.3, 0.4) is 0 Å². The van der Waals surface area contributed by atoms with Gasteiger partial charge in [0.1, 0.15) is 17.5 Å². The number of fused-ring (bicyclic) bond motifs is 1. The Balaban J connectivity index is 1.49. The van der Waals surface area contributed by atoms with E-state index < -0.39 is 6.04 Å². The second-order valence-corrected chi connectivity index (χ2v) is 10.1. The van der Waals surface area contributed by atoms with E-state index in [2.05, 4.69) is 41.8 Å². The molecular weight excluding hydrogens is 510 g/mol. The van der Waals surface area contributed by atoms with Crippen molar-refractivity contribution in [2.24, 2.45) is 0 Å². The van der Waals surface area contributed by atoms with E-state index in [1.165, 1.54) is 11.1 Å². The van der Waals surface area contributed by atoms with Crippen LogP contribution in [0.2, 0.25) is 0 Å². The first-order chi connectivity index (χ1) is 19.0. The molecule has 1 aliphatic rings. The van der Waals surface area contributed by atoms with Crippen LogP contribution >= 0.6 is 11.8 Å². The van der Waals surface area contributed by atoms with Crippen LogP contribution in [0.15, 0.2) is 89.2 Å². The molecule has 2 N–H and O–H groups in total. The van der Waals surface area contributed by atoms with Crippen LogP contribution in [0.5, 0.6) is 11.5 Å². The minimum absolute atomic E-state index is 0.251. The van der Waals surface area contributed by atoms with Crippen molar-refractivity contribution < 1.29 is 14.3 Å². The number of carbonyl (C=O) groups excluding carboxylic acids is 1. The van der Waals surface area contributed by atoms with Gasteiger partial charge in [0, 0.05) is 11.4 Å². The molecule has 9 heteroatoms. The van der Waals surface area contributed by atoms with Crippen molar-refractivity contribution in [1.29, 1.82) is 0 Å². The predicted octanol–water partition coefficient (Wildman–Crippen LogP) is 6.21. The van der Waals surface area contributed by atoms with Crippen LogP contribution in [-0.4, -0.2) is 34.4 Å². The lowest BCUT2D eigenvalue weighted by Gasteiger charge is -2.29. The summed E-state index contributed by atoms with van der Waals surface area (Å²) >= 11 is 1.56. The van der Waals surface area contributed by atoms with Gasteiger partial charge >= 0.3 is 0 Å². The van der Waals surface area contributed by atoms with Crippen molar-refractivity contribution in [1.82, 2.24) is 14.8 Å². The molecule has 8 nitrogen and oxygen atoms in total. The summed E-state index contributed by atoms with van der Waals surface area (Å²) in [6, 6.07) is 23.0. The Labute approximate surface area is 232 Å². The van der Waals surface area contributed by atoms with Gasteiger partial charge in [-0.1, -0.05) is 65.9 Å². The van der Waals surface area contributed by atoms with E-state index >= 15 is 0 Å². The fraction of sp³-hybridized carbons (Fsp3) is 0.233. The van der Waals surface area contributed by atoms with Crippen LogP contribution in [0.4, 0.5) is 11.6 Å². The van der Waals surface area contributed by atoms with E-state index in [4.69, 9.17) is 19.6 Å². The van der Waals surface area contributed by atoms with Gasteiger partial charge in [0.15, 0.2) is 0 Å². The monoisotopic (exact) mass is 541 g/mol. The fourth-order valence-corrected chi connectivity index (χ4v) is 5.37. The Morgan fingerprint density at radius 1 is 1.08 bits per heavy atom. The summed E-state index contributed by atoms with van der Waals surface area (Å²) in [7, 11) is 1.58. The number of carbonyl (C=O) groups is 1. The summed E-state index contributed by atoms with van der Waals surface area (Å²) < 4.78 is 12.9. The number of hydrogen-bond acceptors (Lipinski definition) is 7. The summed E-state index contributed by atoms with van der Waals surface area (Å²) in [5, 5.41) is 11.8. The smallest absolute Gasteiger partial charge is 0.255 e. The molecular formula is C30H31N5O3S. The van der Waals surface area contributed by atoms with Gasteiger partial charge in [0.2, 0.25) is 11.1 Å². The maximum absolute atomic E-state index is 13.8. The number of ether oxygens (including phenoxy) is 2. The second kappa shape index (κ2) is 11.7. The first-order valence-electron chi connectivity index (χ1n) is 12.8. The number of anilines is 2. The van der Waals surface area contributed by atoms with Crippen LogP contribution in [-0.2, 0) is 10.5 Å². The van der Waals surface area contributed by atoms with E-state index in [1.807, 2.05) is 62.4 Å². The molecule has 0 saturated heterocycles. The van der Waals surface area contributed by atoms with Crippen molar-refractivity contribution in [3.05, 3.63) is 101 Å². The van der Waals surface area contributed by atoms with E-state index in [0.29, 0.717) is 40.4 Å². The van der Waals surface area contributed by atoms with Crippen molar-refractivity contribution in [3.63, 3.8) is 0 Å². The maximum atomic E-state index is 13.8. The number of nitrogens with one attached hydrogen (secondary N) is 2. The Kier molecular flexibility index (Phi) is 7.88. The molecule has 0 radical (unpaired) electrons. The van der Waals surface area contributed by atoms with Gasteiger partial charge in [0.25, 0.3) is 5.91 Å². The third-order valence-corrected chi connectivity index (χ3v) is 7.30. The summed E-state index contributed by atoms with van der Waals surface area (Å²) in [6.45, 7) is 6.49. The van der Waals surface area contributed by atoms with E-state index in [1.54, 1.807) is 23.6 Å². The molecule has 0 fully saturated rings. The number of rotatable bonds is 9. The lowest BCUT2D eigenvalue weighted by atomic mass is 9.95. The third-order valence-electron chi connectivity index (χ3n) is 6.39. The Hall–Kier alpha value is -4.24. The van der Waals surface area contributed by atoms with Gasteiger partial charge in [-0.25, -0.2) is 4.68 Å². The normalized spacial score (nSPS) is 14.4. The summed E-state index contributed by atoms with van der Waals surface area (Å²) in [6.07, 6.45) is 0. The number of thioether (sulfide) groups is 1. The minimum Gasteiger partial charge on any atom is -0.495 e. The molecule has 1 aromatic heterocycles. The van der Waals surface area contributed by atoms with Gasteiger partial charge in [-0.3, -0.25) is 4.79 Å². The van der Waals surface area contributed by atoms with Crippen LogP contribution in [0, 0.1) is 6.92 Å². The van der Waals surface area contributed by atoms with Crippen molar-refractivity contribution in [2.45, 2.75) is 37.7 Å². The highest BCUT2D eigenvalue weighted by Gasteiger charge is 2.34. The number of nitrogens with zero attached hydrogens (tertiary/aromatic N) is 3. The molecule has 39 heavy (non-hydrogen) atoms. The third kappa shape index (κ3) is 5.78. The number of allylic oxidation sites excluding steroid dienone is 1. The second-order valence-electron chi connectivity index (χ2n) is 9.16. The van der Waals surface area contributed by atoms with Crippen LogP contribution in [0.25, 0.3) is 0 Å². The highest BCUT2D eigenvalue weighted by atomic mass is 32.2. The molecule has 5 rings (SSSR count). The largest absolute Gasteiger partial charge is 0.495 e. The Morgan fingerprint density at radius 2 is 1.87 bits per heavy atom. The van der Waals surface area contributed by atoms with Crippen LogP contribution in [0.1, 0.15) is 36.6 Å². The Morgan fingerprint density at radius 3 is 2.62 bits per heavy atom. The lowest BCUT2D eigenvalue weighted by molar-refractivity contribution is -0.113. The zero-order chi connectivity index (χ0) is 27.4. The number of aromatic nitrogens is 3. The van der Waals surface area contributed by atoms with Gasteiger partial charge < -0.3 is 20.1 Å². The van der Waals surface area contributed by atoms with Gasteiger partial charge in [-0.05, 0) is 56.2 Å². The highest BCUT2D eigenvalue weighted by molar-refractivity contribution is 7.98. The fourth-order valence-electron chi connectivity index (χ4n) is 4.60. The number of amides is 1. The molecule has 2 heterocycles. The van der Waals surface area contributed by atoms with Crippen molar-refractivity contribution in [3.8, 4) is 11.5 Å².